The maximum Gasteiger partial charge on any atom is 0.137 e. The van der Waals surface area contributed by atoms with Crippen LogP contribution in [0.2, 0.25) is 0 Å². The topological polar surface area (TPSA) is 37.1 Å². The average molecular weight is 363 g/mol. The van der Waals surface area contributed by atoms with Crippen molar-refractivity contribution in [3.05, 3.63) is 72.8 Å². The molecule has 1 aliphatic rings. The smallest absolute Gasteiger partial charge is 0.137 e. The Morgan fingerprint density at radius 1 is 0.889 bits per heavy atom. The Hall–Kier alpha value is -2.56. The molecule has 140 valence electrons. The number of nitrogens with one attached hydrogen (secondary N) is 1. The Kier molecular flexibility index (Phi) is 5.56. The predicted molar refractivity (Wildman–Crippen MR) is 110 cm³/mol. The number of anilines is 1. The lowest BCUT2D eigenvalue weighted by molar-refractivity contribution is -0.903. The first-order valence-corrected chi connectivity index (χ1v) is 9.71. The monoisotopic (exact) mass is 363 g/mol. The summed E-state index contributed by atoms with van der Waals surface area (Å²) in [6, 6.07) is 24.9. The number of fused-ring (bicyclic) bond motifs is 1. The van der Waals surface area contributed by atoms with Crippen molar-refractivity contribution in [3.8, 4) is 5.75 Å². The maximum atomic E-state index is 10.4. The summed E-state index contributed by atoms with van der Waals surface area (Å²) in [6.45, 7) is 5.21. The second kappa shape index (κ2) is 8.42. The first kappa shape index (κ1) is 17.8. The van der Waals surface area contributed by atoms with Crippen LogP contribution in [0.4, 0.5) is 5.69 Å². The molecule has 0 aliphatic carbocycles. The molecule has 1 unspecified atom stereocenters. The van der Waals surface area contributed by atoms with Gasteiger partial charge < -0.3 is 19.6 Å². The number of nitrogens with zero attached hydrogens (tertiary/aromatic N) is 1. The van der Waals surface area contributed by atoms with E-state index < -0.39 is 6.10 Å². The molecule has 1 atom stereocenters. The van der Waals surface area contributed by atoms with Gasteiger partial charge >= 0.3 is 0 Å². The summed E-state index contributed by atoms with van der Waals surface area (Å²) < 4.78 is 5.83. The largest absolute Gasteiger partial charge is 0.491 e. The lowest BCUT2D eigenvalue weighted by Gasteiger charge is -2.34. The van der Waals surface area contributed by atoms with Crippen molar-refractivity contribution in [2.75, 3.05) is 44.2 Å². The van der Waals surface area contributed by atoms with Crippen LogP contribution in [0.15, 0.2) is 72.8 Å². The van der Waals surface area contributed by atoms with Crippen molar-refractivity contribution in [2.24, 2.45) is 0 Å². The molecule has 1 fully saturated rings. The normalized spacial score (nSPS) is 16.4. The molecule has 1 aliphatic heterocycles. The fourth-order valence-electron chi connectivity index (χ4n) is 3.77. The van der Waals surface area contributed by atoms with Gasteiger partial charge in [0, 0.05) is 5.69 Å². The molecule has 4 nitrogen and oxygen atoms in total. The van der Waals surface area contributed by atoms with E-state index in [9.17, 15) is 5.11 Å². The third-order valence-corrected chi connectivity index (χ3v) is 5.28. The molecule has 0 bridgehead atoms. The van der Waals surface area contributed by atoms with Crippen molar-refractivity contribution >= 4 is 16.5 Å². The summed E-state index contributed by atoms with van der Waals surface area (Å²) in [6.07, 6.45) is -0.449. The van der Waals surface area contributed by atoms with E-state index in [0.717, 1.165) is 43.9 Å². The van der Waals surface area contributed by atoms with Gasteiger partial charge in [0.05, 0.1) is 26.2 Å². The second-order valence-corrected chi connectivity index (χ2v) is 7.25. The van der Waals surface area contributed by atoms with E-state index in [-0.39, 0.29) is 0 Å². The highest BCUT2D eigenvalue weighted by Gasteiger charge is 2.22. The van der Waals surface area contributed by atoms with E-state index in [1.165, 1.54) is 16.0 Å². The van der Waals surface area contributed by atoms with Gasteiger partial charge in [0.25, 0.3) is 0 Å². The van der Waals surface area contributed by atoms with Crippen LogP contribution in [0.25, 0.3) is 10.8 Å². The van der Waals surface area contributed by atoms with Crippen molar-refractivity contribution in [1.82, 2.24) is 0 Å². The van der Waals surface area contributed by atoms with Crippen molar-refractivity contribution in [3.63, 3.8) is 0 Å². The standard InChI is InChI=1S/C23H26N2O2/c26-22(18-27-23-11-10-19-6-4-5-7-20(19)16-23)17-24-12-14-25(15-13-24)21-8-2-1-3-9-21/h1-11,16,22,26H,12-15,17-18H2/p+1. The number of ether oxygens (including phenoxy) is 1. The van der Waals surface area contributed by atoms with E-state index in [2.05, 4.69) is 53.4 Å². The van der Waals surface area contributed by atoms with Crippen LogP contribution in [0.3, 0.4) is 0 Å². The van der Waals surface area contributed by atoms with Crippen LogP contribution in [-0.4, -0.2) is 50.5 Å². The molecule has 3 aromatic carbocycles. The van der Waals surface area contributed by atoms with Crippen molar-refractivity contribution in [1.29, 1.82) is 0 Å². The van der Waals surface area contributed by atoms with Crippen LogP contribution in [0.5, 0.6) is 5.75 Å². The van der Waals surface area contributed by atoms with Crippen LogP contribution in [0, 0.1) is 0 Å². The van der Waals surface area contributed by atoms with Gasteiger partial charge in [-0.05, 0) is 35.0 Å². The van der Waals surface area contributed by atoms with Crippen molar-refractivity contribution in [2.45, 2.75) is 6.10 Å². The fourth-order valence-corrected chi connectivity index (χ4v) is 3.77. The van der Waals surface area contributed by atoms with Crippen molar-refractivity contribution < 1.29 is 14.7 Å². The number of hydrogen-bond donors (Lipinski definition) is 2. The number of aliphatic hydroxyl groups excluding tert-OH is 1. The lowest BCUT2D eigenvalue weighted by atomic mass is 10.1. The lowest BCUT2D eigenvalue weighted by Crippen LogP contribution is -3.16. The number of rotatable bonds is 6. The first-order chi connectivity index (χ1) is 13.3. The van der Waals surface area contributed by atoms with Crippen LogP contribution >= 0.6 is 0 Å². The molecule has 0 spiro atoms. The van der Waals surface area contributed by atoms with Gasteiger partial charge in [0.1, 0.15) is 25.0 Å². The number of benzene rings is 3. The number of quaternary nitrogens is 1. The van der Waals surface area contributed by atoms with E-state index in [1.807, 2.05) is 24.3 Å². The molecule has 0 amide bonds. The van der Waals surface area contributed by atoms with Gasteiger partial charge in [-0.15, -0.1) is 0 Å². The quantitative estimate of drug-likeness (QED) is 0.703. The van der Waals surface area contributed by atoms with Gasteiger partial charge in [-0.2, -0.15) is 0 Å². The number of aliphatic hydroxyl groups is 1. The predicted octanol–water partition coefficient (Wildman–Crippen LogP) is 1.98. The van der Waals surface area contributed by atoms with E-state index in [0.29, 0.717) is 6.61 Å². The first-order valence-electron chi connectivity index (χ1n) is 9.71. The minimum Gasteiger partial charge on any atom is -0.491 e. The van der Waals surface area contributed by atoms with Crippen LogP contribution in [0.1, 0.15) is 0 Å². The highest BCUT2D eigenvalue weighted by Crippen LogP contribution is 2.20. The Balaban J connectivity index is 1.24. The molecular formula is C23H27N2O2+. The summed E-state index contributed by atoms with van der Waals surface area (Å²) in [5.74, 6) is 0.816. The van der Waals surface area contributed by atoms with Crippen LogP contribution in [-0.2, 0) is 0 Å². The van der Waals surface area contributed by atoms with E-state index in [4.69, 9.17) is 4.74 Å². The number of hydrogen-bond acceptors (Lipinski definition) is 3. The molecule has 2 N–H and O–H groups in total. The van der Waals surface area contributed by atoms with Gasteiger partial charge in [-0.1, -0.05) is 48.5 Å². The molecule has 3 aromatic rings. The highest BCUT2D eigenvalue weighted by atomic mass is 16.5. The number of para-hydroxylation sites is 1. The average Bonchev–Trinajstić information content (AvgIpc) is 2.73. The molecule has 27 heavy (non-hydrogen) atoms. The van der Waals surface area contributed by atoms with Crippen LogP contribution < -0.4 is 14.5 Å². The molecule has 4 rings (SSSR count). The Bertz CT molecular complexity index is 860. The fraction of sp³-hybridized carbons (Fsp3) is 0.304. The zero-order valence-corrected chi connectivity index (χ0v) is 15.6. The molecular weight excluding hydrogens is 336 g/mol. The Labute approximate surface area is 160 Å². The molecule has 4 heteroatoms. The molecule has 1 heterocycles. The highest BCUT2D eigenvalue weighted by molar-refractivity contribution is 5.83. The molecule has 0 saturated carbocycles. The van der Waals surface area contributed by atoms with Gasteiger partial charge in [-0.25, -0.2) is 0 Å². The van der Waals surface area contributed by atoms with E-state index in [1.54, 1.807) is 0 Å². The zero-order chi connectivity index (χ0) is 18.5. The number of piperazine rings is 1. The summed E-state index contributed by atoms with van der Waals surface area (Å²) in [5.41, 5.74) is 1.29. The molecule has 0 radical (unpaired) electrons. The van der Waals surface area contributed by atoms with Gasteiger partial charge in [-0.3, -0.25) is 0 Å². The molecule has 0 aromatic heterocycles. The zero-order valence-electron chi connectivity index (χ0n) is 15.6. The SMILES string of the molecule is OC(COc1ccc2ccccc2c1)C[NH+]1CCN(c2ccccc2)CC1. The third-order valence-electron chi connectivity index (χ3n) is 5.28. The Morgan fingerprint density at radius 3 is 2.37 bits per heavy atom. The summed E-state index contributed by atoms with van der Waals surface area (Å²) >= 11 is 0. The third kappa shape index (κ3) is 4.59. The van der Waals surface area contributed by atoms with Gasteiger partial charge in [0.15, 0.2) is 0 Å². The summed E-state index contributed by atoms with van der Waals surface area (Å²) in [7, 11) is 0. The summed E-state index contributed by atoms with van der Waals surface area (Å²) in [5, 5.41) is 12.8. The molecule has 1 saturated heterocycles. The minimum atomic E-state index is -0.449. The second-order valence-electron chi connectivity index (χ2n) is 7.25. The van der Waals surface area contributed by atoms with Gasteiger partial charge in [0.2, 0.25) is 0 Å². The maximum absolute atomic E-state index is 10.4. The van der Waals surface area contributed by atoms with E-state index >= 15 is 0 Å². The summed E-state index contributed by atoms with van der Waals surface area (Å²) in [4.78, 5) is 3.86. The Morgan fingerprint density at radius 2 is 1.59 bits per heavy atom. The minimum absolute atomic E-state index is 0.338.